The molecule has 4 rings (SSSR count). The highest BCUT2D eigenvalue weighted by atomic mass is 19.1. The second-order valence-electron chi connectivity index (χ2n) is 8.84. The van der Waals surface area contributed by atoms with Crippen LogP contribution < -0.4 is 4.90 Å². The van der Waals surface area contributed by atoms with Crippen molar-refractivity contribution >= 4 is 17.6 Å². The molecule has 5 nitrogen and oxygen atoms in total. The maximum absolute atomic E-state index is 13.5. The first kappa shape index (κ1) is 23.5. The fourth-order valence-electron chi connectivity index (χ4n) is 4.66. The van der Waals surface area contributed by atoms with E-state index in [1.165, 1.54) is 49.9 Å². The van der Waals surface area contributed by atoms with Crippen LogP contribution in [-0.4, -0.2) is 28.6 Å². The topological polar surface area (TPSA) is 77.8 Å². The van der Waals surface area contributed by atoms with E-state index < -0.39 is 5.97 Å². The Bertz CT molecular complexity index is 1150. The monoisotopic (exact) mass is 461 g/mol. The van der Waals surface area contributed by atoms with Gasteiger partial charge in [0.15, 0.2) is 0 Å². The van der Waals surface area contributed by atoms with Crippen LogP contribution >= 0.6 is 0 Å². The summed E-state index contributed by atoms with van der Waals surface area (Å²) in [7, 11) is 0. The summed E-state index contributed by atoms with van der Waals surface area (Å²) >= 11 is 0. The van der Waals surface area contributed by atoms with Crippen LogP contribution in [0.3, 0.4) is 0 Å². The van der Waals surface area contributed by atoms with Gasteiger partial charge in [-0.3, -0.25) is 4.79 Å². The Hall–Kier alpha value is -3.67. The highest BCUT2D eigenvalue weighted by molar-refractivity contribution is 6.06. The Kier molecular flexibility index (Phi) is 7.26. The largest absolute Gasteiger partial charge is 0.507 e. The molecule has 176 valence electrons. The van der Waals surface area contributed by atoms with Gasteiger partial charge in [-0.2, -0.15) is 0 Å². The molecule has 1 amide bonds. The first-order valence-corrected chi connectivity index (χ1v) is 11.7. The van der Waals surface area contributed by atoms with Gasteiger partial charge in [0.05, 0.1) is 0 Å². The van der Waals surface area contributed by atoms with Gasteiger partial charge >= 0.3 is 5.97 Å². The zero-order chi connectivity index (χ0) is 24.1. The van der Waals surface area contributed by atoms with Crippen molar-refractivity contribution < 1.29 is 24.2 Å². The Morgan fingerprint density at radius 2 is 1.53 bits per heavy atom. The van der Waals surface area contributed by atoms with E-state index in [0.717, 1.165) is 24.0 Å². The first-order chi connectivity index (χ1) is 16.4. The van der Waals surface area contributed by atoms with E-state index in [4.69, 9.17) is 0 Å². The van der Waals surface area contributed by atoms with Gasteiger partial charge in [0, 0.05) is 23.9 Å². The second-order valence-corrected chi connectivity index (χ2v) is 8.84. The standard InChI is InChI=1S/C28H28FNO4/c29-23-13-11-21(12-14-23)20-7-9-22(10-8-20)27(32)30(17-3-6-19-4-1-2-5-19)24-15-16-25(28(33)34)26(31)18-24/h7-16,18-19,31H,1-6,17H2,(H,33,34). The van der Waals surface area contributed by atoms with Crippen molar-refractivity contribution in [3.63, 3.8) is 0 Å². The Morgan fingerprint density at radius 3 is 2.12 bits per heavy atom. The molecular formula is C28H28FNO4. The number of rotatable bonds is 8. The predicted molar refractivity (Wildman–Crippen MR) is 130 cm³/mol. The van der Waals surface area contributed by atoms with E-state index >= 15 is 0 Å². The fraction of sp³-hybridized carbons (Fsp3) is 0.286. The molecule has 2 N–H and O–H groups in total. The number of benzene rings is 3. The highest BCUT2D eigenvalue weighted by Gasteiger charge is 2.21. The third kappa shape index (κ3) is 5.45. The summed E-state index contributed by atoms with van der Waals surface area (Å²) in [4.78, 5) is 26.4. The number of carboxylic acid groups (broad SMARTS) is 1. The zero-order valence-corrected chi connectivity index (χ0v) is 18.9. The number of hydrogen-bond acceptors (Lipinski definition) is 3. The summed E-state index contributed by atoms with van der Waals surface area (Å²) in [5, 5.41) is 19.4. The van der Waals surface area contributed by atoms with Crippen LogP contribution in [0.1, 0.15) is 59.2 Å². The van der Waals surface area contributed by atoms with Crippen LogP contribution in [0.15, 0.2) is 66.7 Å². The van der Waals surface area contributed by atoms with Crippen LogP contribution in [0.4, 0.5) is 10.1 Å². The average molecular weight is 462 g/mol. The van der Waals surface area contributed by atoms with Crippen molar-refractivity contribution in [1.82, 2.24) is 0 Å². The molecule has 0 spiro atoms. The SMILES string of the molecule is O=C(O)c1ccc(N(CCCC2CCCC2)C(=O)c2ccc(-c3ccc(F)cc3)cc2)cc1O. The summed E-state index contributed by atoms with van der Waals surface area (Å²) in [6, 6.07) is 17.5. The van der Waals surface area contributed by atoms with Crippen molar-refractivity contribution in [2.75, 3.05) is 11.4 Å². The molecule has 1 aliphatic carbocycles. The molecule has 0 heterocycles. The number of anilines is 1. The molecule has 0 radical (unpaired) electrons. The minimum absolute atomic E-state index is 0.203. The minimum Gasteiger partial charge on any atom is -0.507 e. The number of carbonyl (C=O) groups is 2. The van der Waals surface area contributed by atoms with Crippen LogP contribution in [0.5, 0.6) is 5.75 Å². The van der Waals surface area contributed by atoms with Gasteiger partial charge in [-0.05, 0) is 66.3 Å². The van der Waals surface area contributed by atoms with Crippen molar-refractivity contribution in [3.05, 3.63) is 83.7 Å². The molecule has 3 aromatic carbocycles. The molecular weight excluding hydrogens is 433 g/mol. The van der Waals surface area contributed by atoms with Crippen LogP contribution in [0.25, 0.3) is 11.1 Å². The molecule has 1 aliphatic rings. The Labute approximate surface area is 198 Å². The van der Waals surface area contributed by atoms with E-state index in [-0.39, 0.29) is 23.0 Å². The summed E-state index contributed by atoms with van der Waals surface area (Å²) in [5.74, 6) is -1.43. The van der Waals surface area contributed by atoms with Gasteiger partial charge in [-0.1, -0.05) is 49.9 Å². The Balaban J connectivity index is 1.56. The van der Waals surface area contributed by atoms with E-state index in [1.807, 2.05) is 12.1 Å². The van der Waals surface area contributed by atoms with E-state index in [1.54, 1.807) is 35.2 Å². The summed E-state index contributed by atoms with van der Waals surface area (Å²) in [5.41, 5.74) is 2.46. The predicted octanol–water partition coefficient (Wildman–Crippen LogP) is 6.51. The van der Waals surface area contributed by atoms with Crippen LogP contribution in [-0.2, 0) is 0 Å². The quantitative estimate of drug-likeness (QED) is 0.401. The molecule has 0 aromatic heterocycles. The normalized spacial score (nSPS) is 13.7. The van der Waals surface area contributed by atoms with Gasteiger partial charge in [-0.15, -0.1) is 0 Å². The summed E-state index contributed by atoms with van der Waals surface area (Å²) in [6.45, 7) is 0.473. The number of carbonyl (C=O) groups excluding carboxylic acids is 1. The molecule has 6 heteroatoms. The number of nitrogens with zero attached hydrogens (tertiary/aromatic N) is 1. The van der Waals surface area contributed by atoms with Crippen molar-refractivity contribution in [2.24, 2.45) is 5.92 Å². The molecule has 0 aliphatic heterocycles. The smallest absolute Gasteiger partial charge is 0.339 e. The maximum Gasteiger partial charge on any atom is 0.339 e. The molecule has 34 heavy (non-hydrogen) atoms. The first-order valence-electron chi connectivity index (χ1n) is 11.7. The van der Waals surface area contributed by atoms with E-state index in [9.17, 15) is 24.2 Å². The van der Waals surface area contributed by atoms with Crippen LogP contribution in [0.2, 0.25) is 0 Å². The number of phenols is 1. The van der Waals surface area contributed by atoms with Crippen LogP contribution in [0, 0.1) is 11.7 Å². The van der Waals surface area contributed by atoms with Crippen molar-refractivity contribution in [1.29, 1.82) is 0 Å². The molecule has 1 fully saturated rings. The second kappa shape index (κ2) is 10.5. The third-order valence-electron chi connectivity index (χ3n) is 6.55. The lowest BCUT2D eigenvalue weighted by molar-refractivity contribution is 0.0693. The number of carboxylic acids is 1. The third-order valence-corrected chi connectivity index (χ3v) is 6.55. The molecule has 0 atom stereocenters. The molecule has 0 unspecified atom stereocenters. The van der Waals surface area contributed by atoms with Gasteiger partial charge in [0.25, 0.3) is 5.91 Å². The fourth-order valence-corrected chi connectivity index (χ4v) is 4.66. The number of aromatic carboxylic acids is 1. The minimum atomic E-state index is -1.22. The molecule has 0 bridgehead atoms. The van der Waals surface area contributed by atoms with Gasteiger partial charge in [-0.25, -0.2) is 9.18 Å². The molecule has 1 saturated carbocycles. The molecule has 0 saturated heterocycles. The molecule has 3 aromatic rings. The van der Waals surface area contributed by atoms with Crippen molar-refractivity contribution in [3.8, 4) is 16.9 Å². The van der Waals surface area contributed by atoms with E-state index in [2.05, 4.69) is 0 Å². The zero-order valence-electron chi connectivity index (χ0n) is 18.9. The highest BCUT2D eigenvalue weighted by Crippen LogP contribution is 2.30. The lowest BCUT2D eigenvalue weighted by atomic mass is 10.0. The van der Waals surface area contributed by atoms with Gasteiger partial charge in [0.1, 0.15) is 17.1 Å². The van der Waals surface area contributed by atoms with Crippen molar-refractivity contribution in [2.45, 2.75) is 38.5 Å². The summed E-state index contributed by atoms with van der Waals surface area (Å²) < 4.78 is 13.2. The lowest BCUT2D eigenvalue weighted by Gasteiger charge is -2.24. The summed E-state index contributed by atoms with van der Waals surface area (Å²) in [6.07, 6.45) is 6.84. The van der Waals surface area contributed by atoms with E-state index in [0.29, 0.717) is 23.7 Å². The lowest BCUT2D eigenvalue weighted by Crippen LogP contribution is -2.32. The number of halogens is 1. The number of aromatic hydroxyl groups is 1. The average Bonchev–Trinajstić information content (AvgIpc) is 3.35. The maximum atomic E-state index is 13.5. The Morgan fingerprint density at radius 1 is 0.912 bits per heavy atom. The number of hydrogen-bond donors (Lipinski definition) is 2. The van der Waals surface area contributed by atoms with Gasteiger partial charge < -0.3 is 15.1 Å². The number of amides is 1. The van der Waals surface area contributed by atoms with Gasteiger partial charge in [0.2, 0.25) is 0 Å².